The number of rotatable bonds is 5. The van der Waals surface area contributed by atoms with E-state index >= 15 is 0 Å². The van der Waals surface area contributed by atoms with Crippen molar-refractivity contribution < 1.29 is 9.84 Å². The number of hydrogen-bond donors (Lipinski definition) is 1. The van der Waals surface area contributed by atoms with Crippen LogP contribution in [0, 0.1) is 0 Å². The molecule has 2 nitrogen and oxygen atoms in total. The Hall–Kier alpha value is -0.860. The molecule has 0 amide bonds. The van der Waals surface area contributed by atoms with Crippen molar-refractivity contribution in [1.29, 1.82) is 0 Å². The lowest BCUT2D eigenvalue weighted by Crippen LogP contribution is -2.12. The van der Waals surface area contributed by atoms with E-state index in [1.54, 1.807) is 7.11 Å². The molecule has 0 heterocycles. The summed E-state index contributed by atoms with van der Waals surface area (Å²) in [6.07, 6.45) is 4.02. The third kappa shape index (κ3) is 2.06. The lowest BCUT2D eigenvalue weighted by atomic mass is 9.97. The van der Waals surface area contributed by atoms with E-state index in [9.17, 15) is 0 Å². The molecule has 1 aliphatic rings. The maximum atomic E-state index is 8.86. The summed E-state index contributed by atoms with van der Waals surface area (Å²) in [6, 6.07) is 8.42. The van der Waals surface area contributed by atoms with E-state index in [2.05, 4.69) is 24.3 Å². The zero-order valence-corrected chi connectivity index (χ0v) is 9.20. The summed E-state index contributed by atoms with van der Waals surface area (Å²) in [7, 11) is 1.79. The molecule has 1 saturated carbocycles. The summed E-state index contributed by atoms with van der Waals surface area (Å²) in [5.41, 5.74) is 2.64. The average Bonchev–Trinajstić information content (AvgIpc) is 3.08. The van der Waals surface area contributed by atoms with Crippen LogP contribution in [-0.4, -0.2) is 18.8 Å². The first-order valence-electron chi connectivity index (χ1n) is 5.57. The SMILES string of the molecule is COC1(c2ccccc2CCCO)CC1. The Labute approximate surface area is 90.9 Å². The van der Waals surface area contributed by atoms with Crippen molar-refractivity contribution in [2.75, 3.05) is 13.7 Å². The van der Waals surface area contributed by atoms with Crippen molar-refractivity contribution in [1.82, 2.24) is 0 Å². The molecule has 0 bridgehead atoms. The Morgan fingerprint density at radius 3 is 2.67 bits per heavy atom. The summed E-state index contributed by atoms with van der Waals surface area (Å²) >= 11 is 0. The predicted molar refractivity (Wildman–Crippen MR) is 59.8 cm³/mol. The number of methoxy groups -OCH3 is 1. The summed E-state index contributed by atoms with van der Waals surface area (Å²) in [5, 5.41) is 8.86. The normalized spacial score (nSPS) is 17.7. The molecule has 2 rings (SSSR count). The largest absolute Gasteiger partial charge is 0.396 e. The first kappa shape index (κ1) is 10.7. The van der Waals surface area contributed by atoms with Crippen LogP contribution in [0.2, 0.25) is 0 Å². The molecule has 0 aliphatic heterocycles. The predicted octanol–water partition coefficient (Wildman–Crippen LogP) is 2.25. The minimum Gasteiger partial charge on any atom is -0.396 e. The molecule has 82 valence electrons. The van der Waals surface area contributed by atoms with Crippen LogP contribution >= 0.6 is 0 Å². The number of hydrogen-bond acceptors (Lipinski definition) is 2. The van der Waals surface area contributed by atoms with Gasteiger partial charge in [-0.05, 0) is 36.8 Å². The minimum absolute atomic E-state index is 0.00789. The van der Waals surface area contributed by atoms with Crippen molar-refractivity contribution in [3.63, 3.8) is 0 Å². The Bertz CT molecular complexity index is 329. The Morgan fingerprint density at radius 2 is 2.07 bits per heavy atom. The van der Waals surface area contributed by atoms with Gasteiger partial charge in [-0.25, -0.2) is 0 Å². The van der Waals surface area contributed by atoms with Crippen molar-refractivity contribution in [2.45, 2.75) is 31.3 Å². The number of aliphatic hydroxyl groups is 1. The molecule has 0 unspecified atom stereocenters. The molecule has 1 fully saturated rings. The van der Waals surface area contributed by atoms with Crippen LogP contribution in [-0.2, 0) is 16.8 Å². The summed E-state index contributed by atoms with van der Waals surface area (Å²) in [6.45, 7) is 0.258. The van der Waals surface area contributed by atoms with Gasteiger partial charge in [-0.1, -0.05) is 24.3 Å². The number of benzene rings is 1. The van der Waals surface area contributed by atoms with Crippen molar-refractivity contribution in [3.05, 3.63) is 35.4 Å². The van der Waals surface area contributed by atoms with Crippen molar-refractivity contribution in [2.24, 2.45) is 0 Å². The van der Waals surface area contributed by atoms with Crippen LogP contribution in [0.1, 0.15) is 30.4 Å². The van der Waals surface area contributed by atoms with Gasteiger partial charge in [-0.3, -0.25) is 0 Å². The molecule has 0 radical (unpaired) electrons. The second-order valence-electron chi connectivity index (χ2n) is 4.18. The quantitative estimate of drug-likeness (QED) is 0.800. The van der Waals surface area contributed by atoms with Crippen LogP contribution < -0.4 is 0 Å². The Balaban J connectivity index is 2.22. The van der Waals surface area contributed by atoms with Crippen LogP contribution in [0.3, 0.4) is 0 Å². The maximum absolute atomic E-state index is 8.86. The van der Waals surface area contributed by atoms with Crippen molar-refractivity contribution in [3.8, 4) is 0 Å². The second kappa shape index (κ2) is 4.33. The fourth-order valence-electron chi connectivity index (χ4n) is 2.15. The van der Waals surface area contributed by atoms with Gasteiger partial charge in [0.15, 0.2) is 0 Å². The molecule has 0 spiro atoms. The third-order valence-corrected chi connectivity index (χ3v) is 3.21. The lowest BCUT2D eigenvalue weighted by Gasteiger charge is -2.17. The first-order chi connectivity index (χ1) is 7.32. The maximum Gasteiger partial charge on any atom is 0.0932 e. The van der Waals surface area contributed by atoms with E-state index in [0.29, 0.717) is 0 Å². The van der Waals surface area contributed by atoms with E-state index in [1.165, 1.54) is 11.1 Å². The van der Waals surface area contributed by atoms with Gasteiger partial charge in [-0.15, -0.1) is 0 Å². The van der Waals surface area contributed by atoms with Gasteiger partial charge in [0.05, 0.1) is 5.60 Å². The smallest absolute Gasteiger partial charge is 0.0932 e. The highest BCUT2D eigenvalue weighted by Crippen LogP contribution is 2.49. The third-order valence-electron chi connectivity index (χ3n) is 3.21. The molecule has 1 aliphatic carbocycles. The molecule has 1 aromatic rings. The van der Waals surface area contributed by atoms with E-state index in [0.717, 1.165) is 25.7 Å². The van der Waals surface area contributed by atoms with E-state index in [1.807, 2.05) is 0 Å². The Morgan fingerprint density at radius 1 is 1.33 bits per heavy atom. The van der Waals surface area contributed by atoms with Gasteiger partial charge < -0.3 is 9.84 Å². The number of aliphatic hydroxyl groups excluding tert-OH is 1. The molecular weight excluding hydrogens is 188 g/mol. The van der Waals surface area contributed by atoms with Gasteiger partial charge in [-0.2, -0.15) is 0 Å². The zero-order chi connectivity index (χ0) is 10.7. The fraction of sp³-hybridized carbons (Fsp3) is 0.538. The van der Waals surface area contributed by atoms with E-state index in [4.69, 9.17) is 9.84 Å². The lowest BCUT2D eigenvalue weighted by molar-refractivity contribution is 0.0780. The van der Waals surface area contributed by atoms with Crippen LogP contribution in [0.5, 0.6) is 0 Å². The minimum atomic E-state index is -0.00789. The topological polar surface area (TPSA) is 29.5 Å². The Kier molecular flexibility index (Phi) is 3.08. The molecule has 0 aromatic heterocycles. The molecule has 0 atom stereocenters. The molecule has 1 aromatic carbocycles. The van der Waals surface area contributed by atoms with Crippen LogP contribution in [0.15, 0.2) is 24.3 Å². The highest BCUT2D eigenvalue weighted by atomic mass is 16.5. The molecule has 15 heavy (non-hydrogen) atoms. The number of ether oxygens (including phenoxy) is 1. The highest BCUT2D eigenvalue weighted by Gasteiger charge is 2.45. The van der Waals surface area contributed by atoms with Gasteiger partial charge in [0, 0.05) is 13.7 Å². The fourth-order valence-corrected chi connectivity index (χ4v) is 2.15. The molecule has 2 heteroatoms. The van der Waals surface area contributed by atoms with Gasteiger partial charge in [0.2, 0.25) is 0 Å². The summed E-state index contributed by atoms with van der Waals surface area (Å²) in [5.74, 6) is 0. The second-order valence-corrected chi connectivity index (χ2v) is 4.18. The first-order valence-corrected chi connectivity index (χ1v) is 5.57. The molecule has 1 N–H and O–H groups in total. The van der Waals surface area contributed by atoms with E-state index < -0.39 is 0 Å². The molecular formula is C13H18O2. The average molecular weight is 206 g/mol. The van der Waals surface area contributed by atoms with Crippen LogP contribution in [0.25, 0.3) is 0 Å². The standard InChI is InChI=1S/C13H18O2/c1-15-13(8-9-13)12-7-3-2-5-11(12)6-4-10-14/h2-3,5,7,14H,4,6,8-10H2,1H3. The van der Waals surface area contributed by atoms with Gasteiger partial charge >= 0.3 is 0 Å². The summed E-state index contributed by atoms with van der Waals surface area (Å²) in [4.78, 5) is 0. The van der Waals surface area contributed by atoms with Crippen LogP contribution in [0.4, 0.5) is 0 Å². The summed E-state index contributed by atoms with van der Waals surface area (Å²) < 4.78 is 5.59. The van der Waals surface area contributed by atoms with E-state index in [-0.39, 0.29) is 12.2 Å². The highest BCUT2D eigenvalue weighted by molar-refractivity contribution is 5.36. The van der Waals surface area contributed by atoms with Gasteiger partial charge in [0.25, 0.3) is 0 Å². The molecule has 0 saturated heterocycles. The monoisotopic (exact) mass is 206 g/mol. The number of aryl methyl sites for hydroxylation is 1. The zero-order valence-electron chi connectivity index (χ0n) is 9.20. The van der Waals surface area contributed by atoms with Crippen molar-refractivity contribution >= 4 is 0 Å². The van der Waals surface area contributed by atoms with Gasteiger partial charge in [0.1, 0.15) is 0 Å².